The van der Waals surface area contributed by atoms with Crippen molar-refractivity contribution in [2.24, 2.45) is 0 Å². The number of aliphatic carboxylic acids is 1. The van der Waals surface area contributed by atoms with E-state index in [9.17, 15) is 9.59 Å². The summed E-state index contributed by atoms with van der Waals surface area (Å²) in [7, 11) is 0. The van der Waals surface area contributed by atoms with E-state index in [1.165, 1.54) is 19.3 Å². The standard InChI is InChI=1S/C18H24N2O4/c21-16(22)12-18(8-4-9-18)20-17(23)13-7-10-19-15(11-13)24-14-5-2-1-3-6-14/h7,10-11,14H,1-6,8-9,12H2,(H,20,23)(H,21,22). The van der Waals surface area contributed by atoms with Gasteiger partial charge in [-0.2, -0.15) is 0 Å². The lowest BCUT2D eigenvalue weighted by molar-refractivity contribution is -0.139. The summed E-state index contributed by atoms with van der Waals surface area (Å²) < 4.78 is 5.90. The number of hydrogen-bond acceptors (Lipinski definition) is 4. The van der Waals surface area contributed by atoms with E-state index in [0.717, 1.165) is 19.3 Å². The van der Waals surface area contributed by atoms with Gasteiger partial charge in [0.2, 0.25) is 5.88 Å². The van der Waals surface area contributed by atoms with Crippen LogP contribution < -0.4 is 10.1 Å². The first-order valence-corrected chi connectivity index (χ1v) is 8.73. The van der Waals surface area contributed by atoms with E-state index in [1.807, 2.05) is 0 Å². The second-order valence-corrected chi connectivity index (χ2v) is 6.92. The summed E-state index contributed by atoms with van der Waals surface area (Å²) >= 11 is 0. The first-order valence-electron chi connectivity index (χ1n) is 8.73. The van der Waals surface area contributed by atoms with Gasteiger partial charge in [-0.15, -0.1) is 0 Å². The number of nitrogens with zero attached hydrogens (tertiary/aromatic N) is 1. The summed E-state index contributed by atoms with van der Waals surface area (Å²) in [6.07, 6.45) is 9.72. The highest BCUT2D eigenvalue weighted by atomic mass is 16.5. The smallest absolute Gasteiger partial charge is 0.305 e. The highest BCUT2D eigenvalue weighted by molar-refractivity contribution is 5.95. The van der Waals surface area contributed by atoms with Crippen molar-refractivity contribution in [2.75, 3.05) is 0 Å². The number of hydrogen-bond donors (Lipinski definition) is 2. The lowest BCUT2D eigenvalue weighted by Gasteiger charge is -2.41. The number of pyridine rings is 1. The van der Waals surface area contributed by atoms with E-state index in [-0.39, 0.29) is 18.4 Å². The molecule has 2 aliphatic rings. The van der Waals surface area contributed by atoms with Crippen molar-refractivity contribution >= 4 is 11.9 Å². The largest absolute Gasteiger partial charge is 0.481 e. The third-order valence-corrected chi connectivity index (χ3v) is 5.02. The van der Waals surface area contributed by atoms with Gasteiger partial charge >= 0.3 is 5.97 Å². The lowest BCUT2D eigenvalue weighted by atomic mass is 9.74. The highest BCUT2D eigenvalue weighted by Gasteiger charge is 2.40. The summed E-state index contributed by atoms with van der Waals surface area (Å²) in [6, 6.07) is 3.28. The van der Waals surface area contributed by atoms with Gasteiger partial charge < -0.3 is 15.2 Å². The van der Waals surface area contributed by atoms with Gasteiger partial charge in [-0.25, -0.2) is 4.98 Å². The SMILES string of the molecule is O=C(O)CC1(NC(=O)c2ccnc(OC3CCCCC3)c2)CCC1. The van der Waals surface area contributed by atoms with Crippen LogP contribution in [0.2, 0.25) is 0 Å². The number of rotatable bonds is 6. The first-order chi connectivity index (χ1) is 11.6. The van der Waals surface area contributed by atoms with E-state index >= 15 is 0 Å². The minimum atomic E-state index is -0.883. The lowest BCUT2D eigenvalue weighted by Crippen LogP contribution is -2.54. The summed E-state index contributed by atoms with van der Waals surface area (Å²) in [5.74, 6) is -0.673. The van der Waals surface area contributed by atoms with Gasteiger partial charge in [0, 0.05) is 17.8 Å². The van der Waals surface area contributed by atoms with Crippen LogP contribution >= 0.6 is 0 Å². The normalized spacial score (nSPS) is 20.0. The van der Waals surface area contributed by atoms with E-state index < -0.39 is 11.5 Å². The average molecular weight is 332 g/mol. The molecule has 24 heavy (non-hydrogen) atoms. The van der Waals surface area contributed by atoms with Crippen molar-refractivity contribution in [2.45, 2.75) is 69.4 Å². The first kappa shape index (κ1) is 16.7. The Morgan fingerprint density at radius 2 is 2.00 bits per heavy atom. The van der Waals surface area contributed by atoms with E-state index in [0.29, 0.717) is 24.3 Å². The Labute approximate surface area is 141 Å². The maximum absolute atomic E-state index is 12.5. The van der Waals surface area contributed by atoms with Crippen LogP contribution in [0.4, 0.5) is 0 Å². The number of nitrogens with one attached hydrogen (secondary N) is 1. The zero-order chi connectivity index (χ0) is 17.0. The van der Waals surface area contributed by atoms with E-state index in [1.54, 1.807) is 18.3 Å². The highest BCUT2D eigenvalue weighted by Crippen LogP contribution is 2.35. The molecule has 0 aliphatic heterocycles. The molecule has 2 aliphatic carbocycles. The zero-order valence-electron chi connectivity index (χ0n) is 13.8. The van der Waals surface area contributed by atoms with Crippen LogP contribution in [0.1, 0.15) is 68.1 Å². The summed E-state index contributed by atoms with van der Waals surface area (Å²) in [5, 5.41) is 11.9. The van der Waals surface area contributed by atoms with Crippen LogP contribution in [0, 0.1) is 0 Å². The third kappa shape index (κ3) is 4.04. The van der Waals surface area contributed by atoms with Crippen LogP contribution in [0.5, 0.6) is 5.88 Å². The fourth-order valence-electron chi connectivity index (χ4n) is 3.52. The summed E-state index contributed by atoms with van der Waals surface area (Å²) in [4.78, 5) is 27.7. The van der Waals surface area contributed by atoms with Gasteiger partial charge in [-0.3, -0.25) is 9.59 Å². The molecule has 0 saturated heterocycles. The van der Waals surface area contributed by atoms with Crippen LogP contribution in [-0.4, -0.2) is 33.6 Å². The number of carbonyl (C=O) groups is 2. The number of ether oxygens (including phenoxy) is 1. The fraction of sp³-hybridized carbons (Fsp3) is 0.611. The minimum absolute atomic E-state index is 0.0325. The number of carbonyl (C=O) groups excluding carboxylic acids is 1. The monoisotopic (exact) mass is 332 g/mol. The predicted molar refractivity (Wildman–Crippen MR) is 88.0 cm³/mol. The average Bonchev–Trinajstić information content (AvgIpc) is 2.53. The Balaban J connectivity index is 1.64. The maximum atomic E-state index is 12.5. The molecule has 130 valence electrons. The molecule has 2 saturated carbocycles. The van der Waals surface area contributed by atoms with E-state index in [4.69, 9.17) is 9.84 Å². The van der Waals surface area contributed by atoms with Crippen molar-refractivity contribution in [3.8, 4) is 5.88 Å². The molecule has 2 N–H and O–H groups in total. The van der Waals surface area contributed by atoms with E-state index in [2.05, 4.69) is 10.3 Å². The van der Waals surface area contributed by atoms with Crippen LogP contribution in [-0.2, 0) is 4.79 Å². The molecular weight excluding hydrogens is 308 g/mol. The molecule has 0 spiro atoms. The molecule has 1 amide bonds. The number of aromatic nitrogens is 1. The Kier molecular flexibility index (Phi) is 5.02. The van der Waals surface area contributed by atoms with Gasteiger partial charge in [-0.05, 0) is 51.0 Å². The maximum Gasteiger partial charge on any atom is 0.305 e. The molecule has 6 nitrogen and oxygen atoms in total. The van der Waals surface area contributed by atoms with Crippen molar-refractivity contribution in [1.82, 2.24) is 10.3 Å². The molecule has 0 atom stereocenters. The van der Waals surface area contributed by atoms with Gasteiger partial charge in [-0.1, -0.05) is 6.42 Å². The predicted octanol–water partition coefficient (Wildman–Crippen LogP) is 2.92. The van der Waals surface area contributed by atoms with Crippen molar-refractivity contribution in [3.05, 3.63) is 23.9 Å². The Morgan fingerprint density at radius 1 is 1.25 bits per heavy atom. The third-order valence-electron chi connectivity index (χ3n) is 5.02. The van der Waals surface area contributed by atoms with Crippen LogP contribution in [0.3, 0.4) is 0 Å². The second kappa shape index (κ2) is 7.20. The fourth-order valence-corrected chi connectivity index (χ4v) is 3.52. The summed E-state index contributed by atoms with van der Waals surface area (Å²) in [5.41, 5.74) is -0.135. The minimum Gasteiger partial charge on any atom is -0.481 e. The molecule has 0 aromatic carbocycles. The van der Waals surface area contributed by atoms with Crippen LogP contribution in [0.25, 0.3) is 0 Å². The zero-order valence-corrected chi connectivity index (χ0v) is 13.8. The Morgan fingerprint density at radius 3 is 2.62 bits per heavy atom. The van der Waals surface area contributed by atoms with Crippen molar-refractivity contribution < 1.29 is 19.4 Å². The topological polar surface area (TPSA) is 88.5 Å². The molecular formula is C18H24N2O4. The number of amides is 1. The van der Waals surface area contributed by atoms with Gasteiger partial charge in [0.05, 0.1) is 12.0 Å². The molecule has 1 aromatic rings. The molecule has 6 heteroatoms. The molecule has 1 heterocycles. The molecule has 3 rings (SSSR count). The quantitative estimate of drug-likeness (QED) is 0.836. The molecule has 2 fully saturated rings. The molecule has 0 unspecified atom stereocenters. The Bertz CT molecular complexity index is 607. The van der Waals surface area contributed by atoms with Gasteiger partial charge in [0.1, 0.15) is 6.10 Å². The second-order valence-electron chi connectivity index (χ2n) is 6.92. The van der Waals surface area contributed by atoms with Gasteiger partial charge in [0.15, 0.2) is 0 Å². The Hall–Kier alpha value is -2.11. The summed E-state index contributed by atoms with van der Waals surface area (Å²) in [6.45, 7) is 0. The molecule has 0 radical (unpaired) electrons. The van der Waals surface area contributed by atoms with Gasteiger partial charge in [0.25, 0.3) is 5.91 Å². The number of carboxylic acid groups (broad SMARTS) is 1. The molecule has 1 aromatic heterocycles. The number of carboxylic acids is 1. The molecule has 0 bridgehead atoms. The van der Waals surface area contributed by atoms with Crippen molar-refractivity contribution in [3.63, 3.8) is 0 Å². The van der Waals surface area contributed by atoms with Crippen molar-refractivity contribution in [1.29, 1.82) is 0 Å². The van der Waals surface area contributed by atoms with Crippen LogP contribution in [0.15, 0.2) is 18.3 Å².